The Morgan fingerprint density at radius 2 is 2.00 bits per heavy atom. The van der Waals surface area contributed by atoms with Crippen molar-refractivity contribution >= 4 is 40.8 Å². The van der Waals surface area contributed by atoms with Crippen LogP contribution in [0.3, 0.4) is 0 Å². The molecule has 4 rings (SSSR count). The van der Waals surface area contributed by atoms with E-state index in [2.05, 4.69) is 15.3 Å². The maximum absolute atomic E-state index is 12.2. The van der Waals surface area contributed by atoms with Crippen LogP contribution in [0.5, 0.6) is 0 Å². The first-order chi connectivity index (χ1) is 13.5. The van der Waals surface area contributed by atoms with Gasteiger partial charge in [0.15, 0.2) is 5.76 Å². The highest BCUT2D eigenvalue weighted by Crippen LogP contribution is 2.40. The van der Waals surface area contributed by atoms with E-state index in [1.807, 2.05) is 11.0 Å². The molecule has 1 amide bonds. The number of carbonyl (C=O) groups is 1. The Kier molecular flexibility index (Phi) is 4.72. The largest absolute Gasteiger partial charge is 0.459 e. The fourth-order valence-corrected chi connectivity index (χ4v) is 4.05. The maximum Gasteiger partial charge on any atom is 0.291 e. The molecule has 1 saturated carbocycles. The average molecular weight is 401 g/mol. The van der Waals surface area contributed by atoms with Crippen molar-refractivity contribution in [2.45, 2.75) is 37.8 Å². The van der Waals surface area contributed by atoms with E-state index in [-0.39, 0.29) is 23.6 Å². The van der Waals surface area contributed by atoms with Gasteiger partial charge in [-0.15, -0.1) is 0 Å². The fraction of sp³-hybridized carbons (Fsp3) is 0.316. The van der Waals surface area contributed by atoms with Crippen molar-refractivity contribution in [1.82, 2.24) is 0 Å². The topological polar surface area (TPSA) is 122 Å². The van der Waals surface area contributed by atoms with Gasteiger partial charge >= 0.3 is 0 Å². The van der Waals surface area contributed by atoms with Crippen LogP contribution in [-0.4, -0.2) is 23.5 Å². The quantitative estimate of drug-likeness (QED) is 0.729. The lowest BCUT2D eigenvalue weighted by molar-refractivity contribution is 0.0996. The van der Waals surface area contributed by atoms with Gasteiger partial charge in [-0.05, 0) is 56.0 Å². The summed E-state index contributed by atoms with van der Waals surface area (Å²) in [7, 11) is 0. The second-order valence-corrected chi connectivity index (χ2v) is 7.32. The summed E-state index contributed by atoms with van der Waals surface area (Å²) in [5, 5.41) is 3.11. The number of benzene rings is 1. The molecule has 0 atom stereocenters. The molecule has 1 aliphatic heterocycles. The van der Waals surface area contributed by atoms with Crippen molar-refractivity contribution in [1.29, 1.82) is 0 Å². The summed E-state index contributed by atoms with van der Waals surface area (Å²) in [6.45, 7) is 0. The fourth-order valence-electron chi connectivity index (χ4n) is 3.83. The zero-order valence-corrected chi connectivity index (χ0v) is 15.9. The molecular weight excluding hydrogens is 380 g/mol. The molecule has 1 fully saturated rings. The highest BCUT2D eigenvalue weighted by Gasteiger charge is 2.42. The smallest absolute Gasteiger partial charge is 0.291 e. The molecule has 5 N–H and O–H groups in total. The van der Waals surface area contributed by atoms with E-state index < -0.39 is 5.66 Å². The van der Waals surface area contributed by atoms with Crippen LogP contribution in [-0.2, 0) is 0 Å². The van der Waals surface area contributed by atoms with Gasteiger partial charge in [0.2, 0.25) is 11.9 Å². The van der Waals surface area contributed by atoms with Crippen molar-refractivity contribution in [3.05, 3.63) is 47.4 Å². The molecule has 2 heterocycles. The molecule has 146 valence electrons. The number of nitrogens with zero attached hydrogens (tertiary/aromatic N) is 3. The number of guanidine groups is 2. The van der Waals surface area contributed by atoms with Crippen LogP contribution in [0, 0.1) is 0 Å². The van der Waals surface area contributed by atoms with Crippen molar-refractivity contribution in [3.63, 3.8) is 0 Å². The normalized spacial score (nSPS) is 18.5. The standard InChI is InChI=1S/C19H21ClN6O2/c20-13-11-12(6-7-14(13)23-16(27)15-5-4-10-28-15)26-18(22)24-17(21)25-19(26)8-2-1-3-9-19/h4-7,10-11H,1-3,8-9H2,(H,23,27)(H4,21,22,24,25). The summed E-state index contributed by atoms with van der Waals surface area (Å²) in [4.78, 5) is 22.9. The molecule has 28 heavy (non-hydrogen) atoms. The van der Waals surface area contributed by atoms with Crippen LogP contribution in [0.25, 0.3) is 0 Å². The predicted octanol–water partition coefficient (Wildman–Crippen LogP) is 3.30. The van der Waals surface area contributed by atoms with E-state index in [0.717, 1.165) is 37.8 Å². The number of nitrogens with two attached hydrogens (primary N) is 2. The number of nitrogens with one attached hydrogen (secondary N) is 1. The summed E-state index contributed by atoms with van der Waals surface area (Å²) in [6.07, 6.45) is 6.32. The number of halogens is 1. The third-order valence-corrected chi connectivity index (χ3v) is 5.37. The highest BCUT2D eigenvalue weighted by atomic mass is 35.5. The number of carbonyl (C=O) groups excluding carboxylic acids is 1. The number of aliphatic imine (C=N–C) groups is 2. The highest BCUT2D eigenvalue weighted by molar-refractivity contribution is 6.34. The molecule has 1 spiro atoms. The molecule has 1 aromatic heterocycles. The zero-order chi connectivity index (χ0) is 19.7. The van der Waals surface area contributed by atoms with Crippen molar-refractivity contribution in [2.24, 2.45) is 21.5 Å². The summed E-state index contributed by atoms with van der Waals surface area (Å²) in [5.41, 5.74) is 12.8. The molecular formula is C19H21ClN6O2. The first-order valence-corrected chi connectivity index (χ1v) is 9.50. The Hall–Kier alpha value is -3.00. The minimum Gasteiger partial charge on any atom is -0.459 e. The van der Waals surface area contributed by atoms with Gasteiger partial charge in [0.25, 0.3) is 5.91 Å². The minimum absolute atomic E-state index is 0.198. The molecule has 8 nitrogen and oxygen atoms in total. The Labute approximate surface area is 167 Å². The van der Waals surface area contributed by atoms with E-state index >= 15 is 0 Å². The molecule has 2 aliphatic rings. The van der Waals surface area contributed by atoms with Crippen LogP contribution in [0.15, 0.2) is 51.0 Å². The van der Waals surface area contributed by atoms with E-state index in [0.29, 0.717) is 10.7 Å². The van der Waals surface area contributed by atoms with Gasteiger partial charge in [0.1, 0.15) is 5.66 Å². The molecule has 9 heteroatoms. The van der Waals surface area contributed by atoms with Gasteiger partial charge in [0.05, 0.1) is 17.0 Å². The second-order valence-electron chi connectivity index (χ2n) is 6.91. The van der Waals surface area contributed by atoms with Crippen molar-refractivity contribution < 1.29 is 9.21 Å². The Bertz CT molecular complexity index is 947. The molecule has 1 aromatic carbocycles. The summed E-state index contributed by atoms with van der Waals surface area (Å²) < 4.78 is 5.10. The monoisotopic (exact) mass is 400 g/mol. The number of hydrogen-bond acceptors (Lipinski definition) is 7. The summed E-state index contributed by atoms with van der Waals surface area (Å²) in [5.74, 6) is 0.320. The third-order valence-electron chi connectivity index (χ3n) is 5.06. The number of rotatable bonds is 3. The lowest BCUT2D eigenvalue weighted by atomic mass is 9.87. The molecule has 2 aromatic rings. The number of furan rings is 1. The van der Waals surface area contributed by atoms with Crippen LogP contribution >= 0.6 is 11.6 Å². The van der Waals surface area contributed by atoms with Crippen LogP contribution in [0.1, 0.15) is 42.7 Å². The lowest BCUT2D eigenvalue weighted by Crippen LogP contribution is -2.58. The minimum atomic E-state index is -0.545. The number of amides is 1. The van der Waals surface area contributed by atoms with Crippen LogP contribution in [0.4, 0.5) is 11.4 Å². The zero-order valence-electron chi connectivity index (χ0n) is 15.2. The van der Waals surface area contributed by atoms with Crippen molar-refractivity contribution in [2.75, 3.05) is 10.2 Å². The predicted molar refractivity (Wildman–Crippen MR) is 110 cm³/mol. The molecule has 0 bridgehead atoms. The Morgan fingerprint density at radius 1 is 1.21 bits per heavy atom. The first-order valence-electron chi connectivity index (χ1n) is 9.13. The second kappa shape index (κ2) is 7.20. The SMILES string of the molecule is NC1=NC2(CCCCC2)N(c2ccc(NC(=O)c3ccco3)c(Cl)c2)C(N)=N1. The maximum atomic E-state index is 12.2. The van der Waals surface area contributed by atoms with Crippen LogP contribution in [0.2, 0.25) is 5.02 Å². The van der Waals surface area contributed by atoms with Gasteiger partial charge in [-0.25, -0.2) is 4.99 Å². The van der Waals surface area contributed by atoms with Gasteiger partial charge in [-0.2, -0.15) is 4.99 Å². The number of hydrogen-bond donors (Lipinski definition) is 3. The first kappa shape index (κ1) is 18.4. The van der Waals surface area contributed by atoms with Gasteiger partial charge in [0, 0.05) is 5.69 Å². The van der Waals surface area contributed by atoms with Crippen molar-refractivity contribution in [3.8, 4) is 0 Å². The Balaban J connectivity index is 1.64. The lowest BCUT2D eigenvalue weighted by Gasteiger charge is -2.45. The number of anilines is 2. The average Bonchev–Trinajstić information content (AvgIpc) is 3.18. The van der Waals surface area contributed by atoms with Gasteiger partial charge < -0.3 is 21.2 Å². The van der Waals surface area contributed by atoms with E-state index in [9.17, 15) is 4.79 Å². The Morgan fingerprint density at radius 3 is 2.68 bits per heavy atom. The summed E-state index contributed by atoms with van der Waals surface area (Å²) >= 11 is 6.44. The molecule has 0 radical (unpaired) electrons. The van der Waals surface area contributed by atoms with Gasteiger partial charge in [-0.3, -0.25) is 9.69 Å². The molecule has 0 saturated heterocycles. The van der Waals surface area contributed by atoms with Gasteiger partial charge in [-0.1, -0.05) is 18.0 Å². The molecule has 1 aliphatic carbocycles. The summed E-state index contributed by atoms with van der Waals surface area (Å²) in [6, 6.07) is 8.53. The van der Waals surface area contributed by atoms with Crippen LogP contribution < -0.4 is 21.7 Å². The molecule has 0 unspecified atom stereocenters. The van der Waals surface area contributed by atoms with E-state index in [1.54, 1.807) is 24.3 Å². The third kappa shape index (κ3) is 3.31. The van der Waals surface area contributed by atoms with E-state index in [4.69, 9.17) is 27.5 Å². The van der Waals surface area contributed by atoms with E-state index in [1.165, 1.54) is 6.26 Å².